The van der Waals surface area contributed by atoms with Crippen LogP contribution in [0.3, 0.4) is 0 Å². The zero-order chi connectivity index (χ0) is 27.4. The maximum absolute atomic E-state index is 13.9. The number of aliphatic carboxylic acids is 1. The van der Waals surface area contributed by atoms with Gasteiger partial charge in [-0.2, -0.15) is 0 Å². The first-order chi connectivity index (χ1) is 18.1. The highest BCUT2D eigenvalue weighted by Gasteiger charge is 2.29. The van der Waals surface area contributed by atoms with Crippen molar-refractivity contribution in [2.24, 2.45) is 5.92 Å². The molecule has 2 atom stereocenters. The Morgan fingerprint density at radius 3 is 2.53 bits per heavy atom. The van der Waals surface area contributed by atoms with Gasteiger partial charge in [0.25, 0.3) is 7.37 Å². The Bertz CT molecular complexity index is 1590. The standard InChI is InChI=1S/C30H29FNO5P/c1-19(2)29-26(15-16-38(36,37-3)18-23(33)17-27(34)35)28(21-11-13-22(31)14-12-21)25-10-6-8-20-7-4-5-9-24(20)30(25)32-29/h4-14,19,23,32-33H,17-18H2,1-3H3,(H,34,35)/t23-,38?/m0/s1. The molecule has 0 radical (unpaired) electrons. The summed E-state index contributed by atoms with van der Waals surface area (Å²) >= 11 is 0. The molecule has 2 aromatic carbocycles. The molecule has 0 amide bonds. The van der Waals surface area contributed by atoms with Crippen molar-refractivity contribution in [3.05, 3.63) is 99.3 Å². The number of carbonyl (C=O) groups is 1. The average molecular weight is 534 g/mol. The molecule has 0 aromatic heterocycles. The molecule has 3 N–H and O–H groups in total. The number of nitrogens with one attached hydrogen (secondary N) is 1. The van der Waals surface area contributed by atoms with Crippen LogP contribution in [0.1, 0.15) is 25.8 Å². The van der Waals surface area contributed by atoms with E-state index in [0.717, 1.165) is 38.5 Å². The average Bonchev–Trinajstić information content (AvgIpc) is 3.06. The van der Waals surface area contributed by atoms with Gasteiger partial charge in [-0.1, -0.05) is 74.4 Å². The largest absolute Gasteiger partial charge is 0.481 e. The third kappa shape index (κ3) is 5.89. The van der Waals surface area contributed by atoms with Gasteiger partial charge >= 0.3 is 5.97 Å². The number of fused-ring (bicyclic) bond motifs is 2. The molecule has 0 saturated heterocycles. The van der Waals surface area contributed by atoms with E-state index in [2.05, 4.69) is 16.9 Å². The second kappa shape index (κ2) is 11.4. The van der Waals surface area contributed by atoms with Crippen LogP contribution < -0.4 is 15.8 Å². The molecule has 38 heavy (non-hydrogen) atoms. The third-order valence-corrected chi connectivity index (χ3v) is 8.25. The van der Waals surface area contributed by atoms with E-state index in [4.69, 9.17) is 9.63 Å². The number of dihydropyridines is 1. The van der Waals surface area contributed by atoms with E-state index in [1.807, 2.05) is 56.3 Å². The molecular formula is C30H29FNO5P. The molecule has 196 valence electrons. The van der Waals surface area contributed by atoms with Crippen molar-refractivity contribution < 1.29 is 28.5 Å². The third-order valence-electron chi connectivity index (χ3n) is 6.30. The van der Waals surface area contributed by atoms with E-state index in [0.29, 0.717) is 5.57 Å². The summed E-state index contributed by atoms with van der Waals surface area (Å²) in [7, 11) is -2.48. The summed E-state index contributed by atoms with van der Waals surface area (Å²) in [6.45, 7) is 4.02. The fourth-order valence-corrected chi connectivity index (χ4v) is 5.78. The van der Waals surface area contributed by atoms with Crippen molar-refractivity contribution in [3.63, 3.8) is 0 Å². The molecule has 1 aliphatic carbocycles. The first kappa shape index (κ1) is 27.3. The highest BCUT2D eigenvalue weighted by molar-refractivity contribution is 7.64. The highest BCUT2D eigenvalue weighted by atomic mass is 31.2. The number of aliphatic hydroxyl groups excluding tert-OH is 1. The van der Waals surface area contributed by atoms with E-state index in [9.17, 15) is 18.9 Å². The Hall–Kier alpha value is -3.69. The molecule has 0 bridgehead atoms. The van der Waals surface area contributed by atoms with Gasteiger partial charge in [-0.05, 0) is 34.5 Å². The molecule has 4 rings (SSSR count). The molecule has 0 saturated carbocycles. The SMILES string of the molecule is COP(=O)(C#CC1=C(C(C)C)NC2=c3ccccc3=CC=CC2=C1c1ccc(F)cc1)C[C@@H](O)CC(=O)O. The van der Waals surface area contributed by atoms with Gasteiger partial charge in [-0.25, -0.2) is 4.39 Å². The van der Waals surface area contributed by atoms with Crippen molar-refractivity contribution in [1.82, 2.24) is 5.32 Å². The Kier molecular flexibility index (Phi) is 8.18. The number of carboxylic acids is 1. The summed E-state index contributed by atoms with van der Waals surface area (Å²) in [6, 6.07) is 14.1. The monoisotopic (exact) mass is 533 g/mol. The molecular weight excluding hydrogens is 504 g/mol. The maximum Gasteiger partial charge on any atom is 0.305 e. The molecule has 0 fully saturated rings. The lowest BCUT2D eigenvalue weighted by Crippen LogP contribution is -2.34. The van der Waals surface area contributed by atoms with Gasteiger partial charge in [0.2, 0.25) is 0 Å². The zero-order valence-electron chi connectivity index (χ0n) is 21.4. The second-order valence-electron chi connectivity index (χ2n) is 9.38. The second-order valence-corrected chi connectivity index (χ2v) is 11.7. The maximum atomic E-state index is 13.9. The Morgan fingerprint density at radius 1 is 1.16 bits per heavy atom. The molecule has 2 aromatic rings. The normalized spacial score (nSPS) is 16.8. The summed E-state index contributed by atoms with van der Waals surface area (Å²) in [5, 5.41) is 24.7. The number of halogens is 1. The fourth-order valence-electron chi connectivity index (χ4n) is 4.49. The van der Waals surface area contributed by atoms with Crippen molar-refractivity contribution in [2.45, 2.75) is 26.4 Å². The van der Waals surface area contributed by atoms with Crippen LogP contribution in [-0.2, 0) is 13.9 Å². The first-order valence-corrected chi connectivity index (χ1v) is 14.0. The summed E-state index contributed by atoms with van der Waals surface area (Å²) in [6.07, 6.45) is 3.57. The van der Waals surface area contributed by atoms with Crippen LogP contribution in [0.25, 0.3) is 17.3 Å². The summed E-state index contributed by atoms with van der Waals surface area (Å²) in [5.74, 6) is 1.45. The van der Waals surface area contributed by atoms with Crippen LogP contribution in [0, 0.1) is 23.3 Å². The predicted octanol–water partition coefficient (Wildman–Crippen LogP) is 3.97. The minimum absolute atomic E-state index is 0.0216. The van der Waals surface area contributed by atoms with Crippen molar-refractivity contribution in [1.29, 1.82) is 0 Å². The Balaban J connectivity index is 1.98. The molecule has 1 heterocycles. The predicted molar refractivity (Wildman–Crippen MR) is 147 cm³/mol. The lowest BCUT2D eigenvalue weighted by atomic mass is 9.84. The number of rotatable bonds is 7. The van der Waals surface area contributed by atoms with E-state index in [1.54, 1.807) is 12.1 Å². The van der Waals surface area contributed by atoms with E-state index in [1.165, 1.54) is 19.2 Å². The van der Waals surface area contributed by atoms with E-state index in [-0.39, 0.29) is 11.7 Å². The van der Waals surface area contributed by atoms with Gasteiger partial charge in [0.15, 0.2) is 0 Å². The van der Waals surface area contributed by atoms with E-state index < -0.39 is 32.0 Å². The topological polar surface area (TPSA) is 95.9 Å². The molecule has 2 aliphatic rings. The number of aliphatic hydroxyl groups is 1. The number of carboxylic acid groups (broad SMARTS) is 1. The van der Waals surface area contributed by atoms with Gasteiger partial charge in [0, 0.05) is 29.2 Å². The van der Waals surface area contributed by atoms with Crippen LogP contribution >= 0.6 is 7.37 Å². The lowest BCUT2D eigenvalue weighted by molar-refractivity contribution is -0.138. The van der Waals surface area contributed by atoms with Crippen molar-refractivity contribution in [3.8, 4) is 11.6 Å². The highest BCUT2D eigenvalue weighted by Crippen LogP contribution is 2.46. The van der Waals surface area contributed by atoms with Gasteiger partial charge in [-0.15, -0.1) is 0 Å². The molecule has 1 unspecified atom stereocenters. The minimum Gasteiger partial charge on any atom is -0.481 e. The summed E-state index contributed by atoms with van der Waals surface area (Å²) in [4.78, 5) is 11.0. The van der Waals surface area contributed by atoms with E-state index >= 15 is 0 Å². The fraction of sp³-hybridized carbons (Fsp3) is 0.233. The number of allylic oxidation sites excluding steroid dienone is 4. The summed E-state index contributed by atoms with van der Waals surface area (Å²) in [5.41, 5.74) is 7.27. The van der Waals surface area contributed by atoms with Crippen LogP contribution in [0.4, 0.5) is 4.39 Å². The lowest BCUT2D eigenvalue weighted by Gasteiger charge is -2.29. The van der Waals surface area contributed by atoms with Crippen molar-refractivity contribution in [2.75, 3.05) is 13.3 Å². The van der Waals surface area contributed by atoms with Gasteiger partial charge < -0.3 is 20.1 Å². The first-order valence-electron chi connectivity index (χ1n) is 12.2. The smallest absolute Gasteiger partial charge is 0.305 e. The minimum atomic E-state index is -3.71. The molecule has 1 aliphatic heterocycles. The Labute approximate surface area is 221 Å². The molecule has 6 nitrogen and oxygen atoms in total. The van der Waals surface area contributed by atoms with Crippen LogP contribution in [0.2, 0.25) is 0 Å². The molecule has 8 heteroatoms. The number of hydrogen-bond acceptors (Lipinski definition) is 5. The van der Waals surface area contributed by atoms with Gasteiger partial charge in [0.05, 0.1) is 30.0 Å². The zero-order valence-corrected chi connectivity index (χ0v) is 22.3. The van der Waals surface area contributed by atoms with Crippen LogP contribution in [-0.4, -0.2) is 35.6 Å². The number of hydrogen-bond donors (Lipinski definition) is 3. The van der Waals surface area contributed by atoms with Crippen LogP contribution in [0.5, 0.6) is 0 Å². The van der Waals surface area contributed by atoms with Gasteiger partial charge in [0.1, 0.15) is 5.82 Å². The quantitative estimate of drug-likeness (QED) is 0.368. The molecule has 0 spiro atoms. The Morgan fingerprint density at radius 2 is 1.87 bits per heavy atom. The van der Waals surface area contributed by atoms with Crippen LogP contribution in [0.15, 0.2) is 77.5 Å². The van der Waals surface area contributed by atoms with Gasteiger partial charge in [-0.3, -0.25) is 9.36 Å². The van der Waals surface area contributed by atoms with Crippen molar-refractivity contribution >= 4 is 30.7 Å². The summed E-state index contributed by atoms with van der Waals surface area (Å²) < 4.78 is 32.5. The number of benzene rings is 2.